The van der Waals surface area contributed by atoms with E-state index in [0.717, 1.165) is 36.0 Å². The summed E-state index contributed by atoms with van der Waals surface area (Å²) in [5.74, 6) is -0.0575. The molecule has 0 atom stereocenters. The van der Waals surface area contributed by atoms with Gasteiger partial charge in [-0.05, 0) is 63.5 Å². The van der Waals surface area contributed by atoms with Gasteiger partial charge in [0.1, 0.15) is 12.1 Å². The summed E-state index contributed by atoms with van der Waals surface area (Å²) in [4.78, 5) is 8.31. The van der Waals surface area contributed by atoms with Crippen molar-refractivity contribution in [2.24, 2.45) is 0 Å². The Balaban J connectivity index is 1.86. The van der Waals surface area contributed by atoms with Crippen LogP contribution in [0.25, 0.3) is 10.9 Å². The molecule has 0 N–H and O–H groups in total. The van der Waals surface area contributed by atoms with E-state index >= 15 is 0 Å². The zero-order chi connectivity index (χ0) is 16.7. The van der Waals surface area contributed by atoms with E-state index < -0.39 is 5.82 Å². The highest BCUT2D eigenvalue weighted by molar-refractivity contribution is 9.10. The van der Waals surface area contributed by atoms with E-state index in [2.05, 4.69) is 25.9 Å². The van der Waals surface area contributed by atoms with Crippen molar-refractivity contribution in [3.8, 4) is 5.88 Å². The molecule has 0 fully saturated rings. The SMILES string of the molecule is Fc1c(Br)c2c(c3c(OCc4ccccc4)nc(Cl)nc13)CCC2. The summed E-state index contributed by atoms with van der Waals surface area (Å²) >= 11 is 9.35. The number of nitrogens with zero attached hydrogens (tertiary/aromatic N) is 2. The van der Waals surface area contributed by atoms with Crippen LogP contribution in [0.15, 0.2) is 34.8 Å². The van der Waals surface area contributed by atoms with Crippen LogP contribution in [0.3, 0.4) is 0 Å². The monoisotopic (exact) mass is 406 g/mol. The first-order chi connectivity index (χ1) is 11.6. The molecule has 1 aliphatic carbocycles. The van der Waals surface area contributed by atoms with Crippen LogP contribution in [0.5, 0.6) is 5.88 Å². The van der Waals surface area contributed by atoms with Gasteiger partial charge in [-0.3, -0.25) is 0 Å². The van der Waals surface area contributed by atoms with Crippen molar-refractivity contribution in [2.45, 2.75) is 25.9 Å². The third-order valence-corrected chi connectivity index (χ3v) is 5.25. The van der Waals surface area contributed by atoms with E-state index in [9.17, 15) is 4.39 Å². The smallest absolute Gasteiger partial charge is 0.226 e. The molecular weight excluding hydrogens is 395 g/mol. The number of fused-ring (bicyclic) bond motifs is 3. The highest BCUT2D eigenvalue weighted by Crippen LogP contribution is 2.41. The van der Waals surface area contributed by atoms with Crippen molar-refractivity contribution in [2.75, 3.05) is 0 Å². The third kappa shape index (κ3) is 2.66. The highest BCUT2D eigenvalue weighted by Gasteiger charge is 2.26. The van der Waals surface area contributed by atoms with Gasteiger partial charge in [0.05, 0.1) is 9.86 Å². The predicted molar refractivity (Wildman–Crippen MR) is 95.0 cm³/mol. The summed E-state index contributed by atoms with van der Waals surface area (Å²) in [6.07, 6.45) is 2.67. The standard InChI is InChI=1S/C18H13BrClFN2O/c19-14-12-8-4-7-11(12)13-16(15(14)21)22-18(20)23-17(13)24-9-10-5-2-1-3-6-10/h1-3,5-6H,4,7-9H2. The second kappa shape index (κ2) is 6.30. The zero-order valence-corrected chi connectivity index (χ0v) is 15.0. The lowest BCUT2D eigenvalue weighted by atomic mass is 10.0. The molecule has 1 aliphatic rings. The van der Waals surface area contributed by atoms with Gasteiger partial charge >= 0.3 is 0 Å². The van der Waals surface area contributed by atoms with Gasteiger partial charge in [0.25, 0.3) is 0 Å². The molecule has 4 rings (SSSR count). The molecule has 122 valence electrons. The minimum Gasteiger partial charge on any atom is -0.472 e. The summed E-state index contributed by atoms with van der Waals surface area (Å²) in [7, 11) is 0. The number of aryl methyl sites for hydroxylation is 1. The molecule has 24 heavy (non-hydrogen) atoms. The van der Waals surface area contributed by atoms with Crippen LogP contribution in [0, 0.1) is 5.82 Å². The first-order valence-corrected chi connectivity index (χ1v) is 8.85. The maximum atomic E-state index is 14.7. The summed E-state index contributed by atoms with van der Waals surface area (Å²) in [5.41, 5.74) is 3.26. The first-order valence-electron chi connectivity index (χ1n) is 7.68. The molecule has 0 saturated carbocycles. The Morgan fingerprint density at radius 2 is 1.88 bits per heavy atom. The summed E-state index contributed by atoms with van der Waals surface area (Å²) in [5, 5.41) is 0.623. The highest BCUT2D eigenvalue weighted by atomic mass is 79.9. The van der Waals surface area contributed by atoms with E-state index in [1.807, 2.05) is 30.3 Å². The molecule has 3 nitrogen and oxygen atoms in total. The van der Waals surface area contributed by atoms with Crippen molar-refractivity contribution >= 4 is 38.4 Å². The molecular formula is C18H13BrClFN2O. The van der Waals surface area contributed by atoms with Crippen LogP contribution in [-0.4, -0.2) is 9.97 Å². The van der Waals surface area contributed by atoms with Crippen LogP contribution in [0.4, 0.5) is 4.39 Å². The van der Waals surface area contributed by atoms with E-state index in [4.69, 9.17) is 16.3 Å². The third-order valence-electron chi connectivity index (χ3n) is 4.25. The minimum atomic E-state index is -0.403. The van der Waals surface area contributed by atoms with E-state index in [1.54, 1.807) is 0 Å². The van der Waals surface area contributed by atoms with E-state index in [1.165, 1.54) is 0 Å². The van der Waals surface area contributed by atoms with E-state index in [-0.39, 0.29) is 10.8 Å². The molecule has 0 bridgehead atoms. The van der Waals surface area contributed by atoms with Gasteiger partial charge in [-0.15, -0.1) is 0 Å². The molecule has 0 spiro atoms. The van der Waals surface area contributed by atoms with E-state index in [0.29, 0.717) is 22.3 Å². The van der Waals surface area contributed by atoms with Gasteiger partial charge in [0.15, 0.2) is 5.82 Å². The Kier molecular flexibility index (Phi) is 4.14. The Bertz CT molecular complexity index is 934. The Morgan fingerprint density at radius 1 is 1.12 bits per heavy atom. The fourth-order valence-corrected chi connectivity index (χ4v) is 3.96. The van der Waals surface area contributed by atoms with Gasteiger partial charge in [0, 0.05) is 0 Å². The van der Waals surface area contributed by atoms with Crippen LogP contribution in [0.2, 0.25) is 5.28 Å². The Labute approximate surface area is 152 Å². The molecule has 1 heterocycles. The van der Waals surface area contributed by atoms with Crippen molar-refractivity contribution < 1.29 is 9.13 Å². The maximum absolute atomic E-state index is 14.7. The van der Waals surface area contributed by atoms with Crippen LogP contribution in [-0.2, 0) is 19.4 Å². The topological polar surface area (TPSA) is 35.0 Å². The number of benzene rings is 2. The van der Waals surface area contributed by atoms with Gasteiger partial charge in [-0.1, -0.05) is 30.3 Å². The molecule has 2 aromatic carbocycles. The maximum Gasteiger partial charge on any atom is 0.226 e. The lowest BCUT2D eigenvalue weighted by molar-refractivity contribution is 0.297. The van der Waals surface area contributed by atoms with Crippen LogP contribution < -0.4 is 4.74 Å². The fourth-order valence-electron chi connectivity index (χ4n) is 3.17. The van der Waals surface area contributed by atoms with Crippen molar-refractivity contribution in [1.29, 1.82) is 0 Å². The van der Waals surface area contributed by atoms with Gasteiger partial charge in [0.2, 0.25) is 11.2 Å². The Morgan fingerprint density at radius 3 is 2.67 bits per heavy atom. The molecule has 0 saturated heterocycles. The molecule has 3 aromatic rings. The lowest BCUT2D eigenvalue weighted by Gasteiger charge is -2.14. The summed E-state index contributed by atoms with van der Waals surface area (Å²) in [6.45, 7) is 0.343. The van der Waals surface area contributed by atoms with Gasteiger partial charge < -0.3 is 4.74 Å². The number of rotatable bonds is 3. The Hall–Kier alpha value is -1.72. The molecule has 6 heteroatoms. The average Bonchev–Trinajstić information content (AvgIpc) is 3.08. The zero-order valence-electron chi connectivity index (χ0n) is 12.7. The minimum absolute atomic E-state index is 0.0192. The number of aromatic nitrogens is 2. The van der Waals surface area contributed by atoms with Crippen molar-refractivity contribution in [3.63, 3.8) is 0 Å². The predicted octanol–water partition coefficient (Wildman–Crippen LogP) is 5.25. The molecule has 0 unspecified atom stereocenters. The molecule has 0 aliphatic heterocycles. The molecule has 0 amide bonds. The van der Waals surface area contributed by atoms with Crippen LogP contribution >= 0.6 is 27.5 Å². The number of halogens is 3. The first kappa shape index (κ1) is 15.8. The van der Waals surface area contributed by atoms with Crippen molar-refractivity contribution in [3.05, 3.63) is 62.6 Å². The average molecular weight is 408 g/mol. The lowest BCUT2D eigenvalue weighted by Crippen LogP contribution is -2.03. The normalized spacial score (nSPS) is 13.3. The van der Waals surface area contributed by atoms with Gasteiger partial charge in [-0.25, -0.2) is 9.37 Å². The van der Waals surface area contributed by atoms with Crippen LogP contribution in [0.1, 0.15) is 23.1 Å². The summed E-state index contributed by atoms with van der Waals surface area (Å²) in [6, 6.07) is 9.76. The fraction of sp³-hybridized carbons (Fsp3) is 0.222. The molecule has 1 aromatic heterocycles. The molecule has 0 radical (unpaired) electrons. The second-order valence-electron chi connectivity index (χ2n) is 5.73. The largest absolute Gasteiger partial charge is 0.472 e. The second-order valence-corrected chi connectivity index (χ2v) is 6.87. The number of ether oxygens (including phenoxy) is 1. The van der Waals surface area contributed by atoms with Gasteiger partial charge in [-0.2, -0.15) is 4.98 Å². The summed E-state index contributed by atoms with van der Waals surface area (Å²) < 4.78 is 21.1. The van der Waals surface area contributed by atoms with Crippen molar-refractivity contribution in [1.82, 2.24) is 9.97 Å². The number of hydrogen-bond acceptors (Lipinski definition) is 3. The number of hydrogen-bond donors (Lipinski definition) is 0. The quantitative estimate of drug-likeness (QED) is 0.556.